The van der Waals surface area contributed by atoms with Gasteiger partial charge in [0.05, 0.1) is 11.3 Å². The molecule has 3 aromatic carbocycles. The summed E-state index contributed by atoms with van der Waals surface area (Å²) in [5, 5.41) is 7.66. The van der Waals surface area contributed by atoms with Crippen molar-refractivity contribution in [3.63, 3.8) is 0 Å². The second kappa shape index (κ2) is 7.97. The molecule has 0 aliphatic carbocycles. The predicted octanol–water partition coefficient (Wildman–Crippen LogP) is 0.113. The highest BCUT2D eigenvalue weighted by Gasteiger charge is 2.32. The Balaban J connectivity index is 0.00000182. The maximum absolute atomic E-state index is 4.82. The molecule has 4 nitrogen and oxygen atoms in total. The molecule has 25 heavy (non-hydrogen) atoms. The van der Waals surface area contributed by atoms with Crippen molar-refractivity contribution in [3.05, 3.63) is 94.1 Å². The summed E-state index contributed by atoms with van der Waals surface area (Å²) >= 11 is 2.31. The number of hydrogen-bond donors (Lipinski definition) is 2. The van der Waals surface area contributed by atoms with Gasteiger partial charge in [-0.1, -0.05) is 41.5 Å². The fourth-order valence-corrected chi connectivity index (χ4v) is 3.00. The van der Waals surface area contributed by atoms with E-state index >= 15 is 0 Å². The molecule has 1 heterocycles. The van der Waals surface area contributed by atoms with Crippen LogP contribution in [0.25, 0.3) is 0 Å². The van der Waals surface area contributed by atoms with Crippen LogP contribution in [0.3, 0.4) is 0 Å². The molecule has 3 aromatic rings. The molecule has 0 saturated heterocycles. The van der Waals surface area contributed by atoms with Crippen LogP contribution in [-0.2, 0) is 0 Å². The van der Waals surface area contributed by atoms with Crippen LogP contribution in [0.4, 0.5) is 11.4 Å². The zero-order valence-electron chi connectivity index (χ0n) is 13.2. The molecule has 0 aromatic heterocycles. The molecule has 2 N–H and O–H groups in total. The molecule has 1 unspecified atom stereocenters. The summed E-state index contributed by atoms with van der Waals surface area (Å²) in [5.74, 6) is 0.945. The number of para-hydroxylation sites is 1. The largest absolute Gasteiger partial charge is 1.00 e. The van der Waals surface area contributed by atoms with E-state index in [9.17, 15) is 0 Å². The second-order valence-electron chi connectivity index (χ2n) is 5.46. The number of amidine groups is 1. The minimum Gasteiger partial charge on any atom is -1.00 e. The molecule has 126 valence electrons. The number of halogens is 2. The van der Waals surface area contributed by atoms with E-state index in [-0.39, 0.29) is 12.4 Å². The fraction of sp³-hybridized carbons (Fsp3) is 0. The lowest BCUT2D eigenvalue weighted by atomic mass is 10.2. The van der Waals surface area contributed by atoms with Crippen LogP contribution < -0.4 is 28.1 Å². The smallest absolute Gasteiger partial charge is 0.278 e. The number of nitrogens with one attached hydrogen (secondary N) is 2. The van der Waals surface area contributed by atoms with E-state index in [1.165, 1.54) is 3.57 Å². The maximum atomic E-state index is 4.82. The lowest BCUT2D eigenvalue weighted by Gasteiger charge is -2.16. The van der Waals surface area contributed by atoms with Crippen LogP contribution in [0.5, 0.6) is 0 Å². The highest BCUT2D eigenvalue weighted by atomic mass is 127. The Bertz CT molecular complexity index is 854. The van der Waals surface area contributed by atoms with Crippen LogP contribution >= 0.6 is 22.6 Å². The van der Waals surface area contributed by atoms with Gasteiger partial charge in [-0.25, -0.2) is 0 Å². The van der Waals surface area contributed by atoms with Crippen molar-refractivity contribution in [3.8, 4) is 0 Å². The van der Waals surface area contributed by atoms with E-state index in [0.29, 0.717) is 0 Å². The first kappa shape index (κ1) is 17.9. The van der Waals surface area contributed by atoms with E-state index < -0.39 is 0 Å². The summed E-state index contributed by atoms with van der Waals surface area (Å²) in [7, 11) is 0. The SMILES string of the molecule is Ic1ccc(N2N=C(c3ccccc3)[NH+](c3ccccc3)N2)cc1.[Cl-]. The molecule has 1 aliphatic heterocycles. The molecule has 4 rings (SSSR count). The van der Waals surface area contributed by atoms with Gasteiger partial charge in [0.2, 0.25) is 0 Å². The minimum atomic E-state index is 0. The first-order valence-electron chi connectivity index (χ1n) is 7.70. The van der Waals surface area contributed by atoms with Crippen molar-refractivity contribution < 1.29 is 17.4 Å². The van der Waals surface area contributed by atoms with E-state index in [1.54, 1.807) is 0 Å². The van der Waals surface area contributed by atoms with Crippen molar-refractivity contribution in [2.45, 2.75) is 0 Å². The molecule has 0 fully saturated rings. The Morgan fingerprint density at radius 1 is 0.800 bits per heavy atom. The Kier molecular flexibility index (Phi) is 5.70. The molecule has 0 amide bonds. The van der Waals surface area contributed by atoms with Crippen LogP contribution in [0.2, 0.25) is 0 Å². The minimum absolute atomic E-state index is 0. The van der Waals surface area contributed by atoms with Crippen LogP contribution in [0, 0.1) is 3.57 Å². The highest BCUT2D eigenvalue weighted by molar-refractivity contribution is 14.1. The van der Waals surface area contributed by atoms with Gasteiger partial charge in [-0.3, -0.25) is 0 Å². The van der Waals surface area contributed by atoms with Gasteiger partial charge in [0.15, 0.2) is 5.69 Å². The van der Waals surface area contributed by atoms with Crippen molar-refractivity contribution in [1.29, 1.82) is 0 Å². The first-order chi connectivity index (χ1) is 11.8. The average Bonchev–Trinajstić information content (AvgIpc) is 3.09. The van der Waals surface area contributed by atoms with E-state index in [2.05, 4.69) is 76.7 Å². The van der Waals surface area contributed by atoms with Gasteiger partial charge in [-0.15, -0.1) is 5.12 Å². The van der Waals surface area contributed by atoms with Crippen LogP contribution in [0.1, 0.15) is 5.56 Å². The molecule has 0 saturated carbocycles. The summed E-state index contributed by atoms with van der Waals surface area (Å²) in [6.07, 6.45) is 0. The van der Waals surface area contributed by atoms with Gasteiger partial charge in [0.25, 0.3) is 5.84 Å². The quantitative estimate of drug-likeness (QED) is 0.542. The van der Waals surface area contributed by atoms with Crippen molar-refractivity contribution in [1.82, 2.24) is 5.53 Å². The van der Waals surface area contributed by atoms with E-state index in [1.807, 2.05) is 41.5 Å². The summed E-state index contributed by atoms with van der Waals surface area (Å²) in [5.41, 5.74) is 6.66. The molecular weight excluding hydrogens is 447 g/mol. The Morgan fingerprint density at radius 3 is 2.04 bits per heavy atom. The predicted molar refractivity (Wildman–Crippen MR) is 105 cm³/mol. The van der Waals surface area contributed by atoms with Gasteiger partial charge in [-0.05, 0) is 64.5 Å². The summed E-state index contributed by atoms with van der Waals surface area (Å²) < 4.78 is 1.20. The Labute approximate surface area is 166 Å². The van der Waals surface area contributed by atoms with Crippen molar-refractivity contribution in [2.24, 2.45) is 5.10 Å². The number of hydrazine groups is 1. The highest BCUT2D eigenvalue weighted by Crippen LogP contribution is 2.17. The monoisotopic (exact) mass is 462 g/mol. The third-order valence-electron chi connectivity index (χ3n) is 3.84. The van der Waals surface area contributed by atoms with Gasteiger partial charge in [-0.2, -0.15) is 5.01 Å². The fourth-order valence-electron chi connectivity index (χ4n) is 2.64. The topological polar surface area (TPSA) is 32.1 Å². The Hall–Kier alpha value is -1.93. The van der Waals surface area contributed by atoms with Gasteiger partial charge < -0.3 is 12.4 Å². The third kappa shape index (κ3) is 3.85. The lowest BCUT2D eigenvalue weighted by molar-refractivity contribution is -0.779. The number of hydrogen-bond acceptors (Lipinski definition) is 3. The summed E-state index contributed by atoms with van der Waals surface area (Å²) in [6, 6.07) is 28.8. The van der Waals surface area contributed by atoms with Crippen molar-refractivity contribution in [2.75, 3.05) is 5.12 Å². The summed E-state index contributed by atoms with van der Waals surface area (Å²) in [4.78, 5) is 0. The second-order valence-corrected chi connectivity index (χ2v) is 6.70. The number of hydrazone groups is 1. The third-order valence-corrected chi connectivity index (χ3v) is 4.55. The molecule has 6 heteroatoms. The van der Waals surface area contributed by atoms with Crippen LogP contribution in [-0.4, -0.2) is 5.84 Å². The number of nitrogens with zero attached hydrogens (tertiary/aromatic N) is 2. The van der Waals surface area contributed by atoms with Gasteiger partial charge >= 0.3 is 0 Å². The molecule has 1 aliphatic rings. The van der Waals surface area contributed by atoms with Gasteiger partial charge in [0, 0.05) is 15.7 Å². The normalized spacial score (nSPS) is 16.3. The number of rotatable bonds is 3. The van der Waals surface area contributed by atoms with E-state index in [4.69, 9.17) is 5.10 Å². The lowest BCUT2D eigenvalue weighted by Crippen LogP contribution is -3.15. The molecule has 0 spiro atoms. The molecule has 1 atom stereocenters. The number of anilines is 1. The van der Waals surface area contributed by atoms with Gasteiger partial charge in [0.1, 0.15) is 0 Å². The molecule has 0 radical (unpaired) electrons. The van der Waals surface area contributed by atoms with Crippen LogP contribution in [0.15, 0.2) is 90.0 Å². The van der Waals surface area contributed by atoms with E-state index in [0.717, 1.165) is 27.8 Å². The number of benzene rings is 3. The standard InChI is InChI=1S/C19H15IN4.ClH/c20-16-11-13-18(14-12-16)24-21-19(15-7-3-1-4-8-15)23(22-24)17-9-5-2-6-10-17;/h1-14,22H;1H. The first-order valence-corrected chi connectivity index (χ1v) is 8.78. The molecular formula is C19H16ClIN4. The zero-order chi connectivity index (χ0) is 16.4. The maximum Gasteiger partial charge on any atom is 0.278 e. The average molecular weight is 463 g/mol. The number of quaternary nitrogens is 1. The van der Waals surface area contributed by atoms with Crippen molar-refractivity contribution >= 4 is 39.8 Å². The Morgan fingerprint density at radius 2 is 1.40 bits per heavy atom. The molecule has 0 bridgehead atoms. The summed E-state index contributed by atoms with van der Waals surface area (Å²) in [6.45, 7) is 0. The zero-order valence-corrected chi connectivity index (χ0v) is 16.1.